The van der Waals surface area contributed by atoms with Gasteiger partial charge in [-0.3, -0.25) is 9.69 Å². The smallest absolute Gasteiger partial charge is 0.259 e. The van der Waals surface area contributed by atoms with E-state index in [1.54, 1.807) is 13.3 Å². The van der Waals surface area contributed by atoms with E-state index in [0.717, 1.165) is 49.6 Å². The molecule has 0 saturated carbocycles. The number of hydrogen-bond donors (Lipinski definition) is 1. The number of benzene rings is 1. The average molecular weight is 409 g/mol. The number of likely N-dealkylation sites (tertiary alicyclic amines) is 1. The first-order valence-corrected chi connectivity index (χ1v) is 10.3. The van der Waals surface area contributed by atoms with Gasteiger partial charge >= 0.3 is 0 Å². The van der Waals surface area contributed by atoms with Gasteiger partial charge in [0.05, 0.1) is 18.8 Å². The Kier molecular flexibility index (Phi) is 6.30. The van der Waals surface area contributed by atoms with Crippen molar-refractivity contribution in [3.8, 4) is 0 Å². The lowest BCUT2D eigenvalue weighted by molar-refractivity contribution is -0.126. The summed E-state index contributed by atoms with van der Waals surface area (Å²) < 4.78 is 13.1. The Labute approximate surface area is 176 Å². The van der Waals surface area contributed by atoms with Crippen LogP contribution in [0, 0.1) is 6.92 Å². The van der Waals surface area contributed by atoms with Crippen molar-refractivity contribution in [1.29, 1.82) is 0 Å². The standard InChI is InChI=1S/C23H28N4O3/c1-17-8-9-20(30-17)16-26-14-11-19(12-15-26)27-21(10-13-24-27)25-23(28)22(29-2)18-6-4-3-5-7-18/h3-10,13,19,22H,11-12,14-16H2,1-2H3,(H,25,28)/t22-/m0/s1. The van der Waals surface area contributed by atoms with E-state index in [2.05, 4.69) is 15.3 Å². The molecule has 1 aromatic carbocycles. The van der Waals surface area contributed by atoms with Crippen molar-refractivity contribution in [2.75, 3.05) is 25.5 Å². The number of amides is 1. The number of nitrogens with one attached hydrogen (secondary N) is 1. The summed E-state index contributed by atoms with van der Waals surface area (Å²) in [6.45, 7) is 4.72. The molecule has 158 valence electrons. The van der Waals surface area contributed by atoms with Gasteiger partial charge in [0.1, 0.15) is 17.3 Å². The summed E-state index contributed by atoms with van der Waals surface area (Å²) in [6, 6.07) is 15.6. The Morgan fingerprint density at radius 2 is 1.97 bits per heavy atom. The summed E-state index contributed by atoms with van der Waals surface area (Å²) in [5.74, 6) is 2.46. The summed E-state index contributed by atoms with van der Waals surface area (Å²) in [4.78, 5) is 15.2. The SMILES string of the molecule is CO[C@H](C(=O)Nc1ccnn1C1CCN(Cc2ccc(C)o2)CC1)c1ccccc1. The first-order valence-electron chi connectivity index (χ1n) is 10.3. The third-order valence-corrected chi connectivity index (χ3v) is 5.58. The van der Waals surface area contributed by atoms with Gasteiger partial charge < -0.3 is 14.5 Å². The van der Waals surface area contributed by atoms with Crippen molar-refractivity contribution in [2.45, 2.75) is 38.5 Å². The number of hydrogen-bond acceptors (Lipinski definition) is 5. The minimum absolute atomic E-state index is 0.198. The Morgan fingerprint density at radius 1 is 1.20 bits per heavy atom. The number of aryl methyl sites for hydroxylation is 1. The van der Waals surface area contributed by atoms with Crippen LogP contribution in [0.2, 0.25) is 0 Å². The third-order valence-electron chi connectivity index (χ3n) is 5.58. The fraction of sp³-hybridized carbons (Fsp3) is 0.391. The molecule has 2 aromatic heterocycles. The second kappa shape index (κ2) is 9.28. The molecule has 4 rings (SSSR count). The molecule has 1 aliphatic rings. The minimum atomic E-state index is -0.659. The van der Waals surface area contributed by atoms with Gasteiger partial charge in [-0.2, -0.15) is 5.10 Å². The van der Waals surface area contributed by atoms with Crippen LogP contribution in [0.4, 0.5) is 5.82 Å². The second-order valence-corrected chi connectivity index (χ2v) is 7.70. The molecular formula is C23H28N4O3. The molecule has 7 heteroatoms. The molecule has 1 fully saturated rings. The molecule has 1 atom stereocenters. The van der Waals surface area contributed by atoms with Gasteiger partial charge in [0.15, 0.2) is 6.10 Å². The lowest BCUT2D eigenvalue weighted by Crippen LogP contribution is -2.35. The number of furan rings is 1. The molecule has 0 aliphatic carbocycles. The average Bonchev–Trinajstić information content (AvgIpc) is 3.39. The van der Waals surface area contributed by atoms with Gasteiger partial charge in [0, 0.05) is 26.3 Å². The predicted molar refractivity (Wildman–Crippen MR) is 114 cm³/mol. The van der Waals surface area contributed by atoms with Crippen LogP contribution in [0.3, 0.4) is 0 Å². The van der Waals surface area contributed by atoms with Crippen LogP contribution in [0.15, 0.2) is 59.1 Å². The number of nitrogens with zero attached hydrogens (tertiary/aromatic N) is 3. The van der Waals surface area contributed by atoms with E-state index in [9.17, 15) is 4.79 Å². The van der Waals surface area contributed by atoms with Crippen LogP contribution in [0.5, 0.6) is 0 Å². The van der Waals surface area contributed by atoms with E-state index in [0.29, 0.717) is 5.82 Å². The number of anilines is 1. The van der Waals surface area contributed by atoms with E-state index in [4.69, 9.17) is 9.15 Å². The fourth-order valence-electron chi connectivity index (χ4n) is 4.03. The van der Waals surface area contributed by atoms with Crippen LogP contribution in [0.1, 0.15) is 42.1 Å². The molecule has 1 saturated heterocycles. The van der Waals surface area contributed by atoms with Gasteiger partial charge in [-0.25, -0.2) is 4.68 Å². The van der Waals surface area contributed by atoms with Crippen molar-refractivity contribution < 1.29 is 13.9 Å². The molecule has 7 nitrogen and oxygen atoms in total. The second-order valence-electron chi connectivity index (χ2n) is 7.70. The van der Waals surface area contributed by atoms with Crippen LogP contribution in [-0.2, 0) is 16.1 Å². The van der Waals surface area contributed by atoms with Crippen molar-refractivity contribution in [3.05, 3.63) is 71.8 Å². The lowest BCUT2D eigenvalue weighted by Gasteiger charge is -2.32. The molecular weight excluding hydrogens is 380 g/mol. The molecule has 1 aliphatic heterocycles. The van der Waals surface area contributed by atoms with Crippen molar-refractivity contribution in [1.82, 2.24) is 14.7 Å². The zero-order chi connectivity index (χ0) is 20.9. The summed E-state index contributed by atoms with van der Waals surface area (Å²) in [5.41, 5.74) is 0.824. The lowest BCUT2D eigenvalue weighted by atomic mass is 10.1. The maximum absolute atomic E-state index is 12.8. The molecule has 1 amide bonds. The van der Waals surface area contributed by atoms with Gasteiger partial charge in [-0.15, -0.1) is 0 Å². The Morgan fingerprint density at radius 3 is 2.63 bits per heavy atom. The number of rotatable bonds is 7. The predicted octanol–water partition coefficient (Wildman–Crippen LogP) is 3.95. The fourth-order valence-corrected chi connectivity index (χ4v) is 4.03. The van der Waals surface area contributed by atoms with Crippen LogP contribution < -0.4 is 5.32 Å². The van der Waals surface area contributed by atoms with Crippen LogP contribution in [0.25, 0.3) is 0 Å². The maximum atomic E-state index is 12.8. The molecule has 30 heavy (non-hydrogen) atoms. The molecule has 1 N–H and O–H groups in total. The van der Waals surface area contributed by atoms with E-state index in [1.807, 2.05) is 60.1 Å². The monoisotopic (exact) mass is 408 g/mol. The minimum Gasteiger partial charge on any atom is -0.465 e. The van der Waals surface area contributed by atoms with Gasteiger partial charge in [0.25, 0.3) is 5.91 Å². The highest BCUT2D eigenvalue weighted by Gasteiger charge is 2.26. The van der Waals surface area contributed by atoms with Crippen LogP contribution >= 0.6 is 0 Å². The van der Waals surface area contributed by atoms with Crippen molar-refractivity contribution in [3.63, 3.8) is 0 Å². The van der Waals surface area contributed by atoms with Crippen LogP contribution in [-0.4, -0.2) is 40.8 Å². The van der Waals surface area contributed by atoms with Gasteiger partial charge in [-0.1, -0.05) is 30.3 Å². The number of piperidine rings is 1. The van der Waals surface area contributed by atoms with Crippen molar-refractivity contribution >= 4 is 11.7 Å². The zero-order valence-electron chi connectivity index (χ0n) is 17.5. The van der Waals surface area contributed by atoms with Crippen molar-refractivity contribution in [2.24, 2.45) is 0 Å². The number of aromatic nitrogens is 2. The molecule has 0 bridgehead atoms. The van der Waals surface area contributed by atoms with E-state index in [1.165, 1.54) is 0 Å². The molecule has 3 aromatic rings. The number of methoxy groups -OCH3 is 1. The highest BCUT2D eigenvalue weighted by Crippen LogP contribution is 2.27. The van der Waals surface area contributed by atoms with Gasteiger partial charge in [0.2, 0.25) is 0 Å². The first-order chi connectivity index (χ1) is 14.6. The van der Waals surface area contributed by atoms with E-state index >= 15 is 0 Å². The summed E-state index contributed by atoms with van der Waals surface area (Å²) in [5, 5.41) is 7.49. The molecule has 0 unspecified atom stereocenters. The first kappa shape index (κ1) is 20.4. The Balaban J connectivity index is 1.37. The topological polar surface area (TPSA) is 72.5 Å². The normalized spacial score (nSPS) is 16.5. The number of carbonyl (C=O) groups is 1. The Hall–Kier alpha value is -2.90. The highest BCUT2D eigenvalue weighted by molar-refractivity contribution is 5.94. The Bertz CT molecular complexity index is 958. The van der Waals surface area contributed by atoms with Gasteiger partial charge in [-0.05, 0) is 37.5 Å². The highest BCUT2D eigenvalue weighted by atomic mass is 16.5. The third kappa shape index (κ3) is 4.63. The molecule has 0 spiro atoms. The molecule has 3 heterocycles. The number of ether oxygens (including phenoxy) is 1. The molecule has 0 radical (unpaired) electrons. The summed E-state index contributed by atoms with van der Waals surface area (Å²) in [7, 11) is 1.55. The zero-order valence-corrected chi connectivity index (χ0v) is 17.5. The number of carbonyl (C=O) groups excluding carboxylic acids is 1. The van der Waals surface area contributed by atoms with E-state index in [-0.39, 0.29) is 11.9 Å². The summed E-state index contributed by atoms with van der Waals surface area (Å²) in [6.07, 6.45) is 3.01. The summed E-state index contributed by atoms with van der Waals surface area (Å²) >= 11 is 0. The quantitative estimate of drug-likeness (QED) is 0.641. The van der Waals surface area contributed by atoms with E-state index < -0.39 is 6.10 Å². The maximum Gasteiger partial charge on any atom is 0.259 e. The largest absolute Gasteiger partial charge is 0.465 e.